The number of thiophene rings is 1. The first kappa shape index (κ1) is 17.8. The molecule has 0 spiro atoms. The van der Waals surface area contributed by atoms with Crippen LogP contribution in [0.15, 0.2) is 24.3 Å². The van der Waals surface area contributed by atoms with Crippen LogP contribution in [-0.4, -0.2) is 19.1 Å². The van der Waals surface area contributed by atoms with E-state index < -0.39 is 0 Å². The minimum Gasteiger partial charge on any atom is -0.490 e. The van der Waals surface area contributed by atoms with Gasteiger partial charge in [0.05, 0.1) is 24.1 Å². The Balaban J connectivity index is 1.72. The molecule has 1 amide bonds. The second-order valence-corrected chi connectivity index (χ2v) is 7.32. The Hall–Kier alpha value is -2.01. The van der Waals surface area contributed by atoms with Gasteiger partial charge in [-0.3, -0.25) is 4.79 Å². The summed E-state index contributed by atoms with van der Waals surface area (Å²) in [5, 5.41) is 3.10. The van der Waals surface area contributed by atoms with Crippen molar-refractivity contribution in [1.29, 1.82) is 0 Å². The van der Waals surface area contributed by atoms with E-state index >= 15 is 0 Å². The van der Waals surface area contributed by atoms with Crippen molar-refractivity contribution in [2.24, 2.45) is 0 Å². The van der Waals surface area contributed by atoms with Gasteiger partial charge in [0, 0.05) is 4.88 Å². The maximum absolute atomic E-state index is 12.6. The molecule has 0 fully saturated rings. The first-order chi connectivity index (χ1) is 12.1. The van der Waals surface area contributed by atoms with Crippen molar-refractivity contribution in [3.8, 4) is 11.5 Å². The molecule has 5 heteroatoms. The second-order valence-electron chi connectivity index (χ2n) is 6.18. The first-order valence-electron chi connectivity index (χ1n) is 8.94. The molecule has 0 saturated heterocycles. The Morgan fingerprint density at radius 2 is 1.92 bits per heavy atom. The average Bonchev–Trinajstić information content (AvgIpc) is 3.18. The van der Waals surface area contributed by atoms with E-state index in [-0.39, 0.29) is 11.9 Å². The number of amides is 1. The summed E-state index contributed by atoms with van der Waals surface area (Å²) in [4.78, 5) is 14.7. The zero-order valence-electron chi connectivity index (χ0n) is 15.1. The van der Waals surface area contributed by atoms with Crippen LogP contribution < -0.4 is 14.8 Å². The van der Waals surface area contributed by atoms with Crippen LogP contribution in [0.25, 0.3) is 0 Å². The Morgan fingerprint density at radius 3 is 2.64 bits per heavy atom. The molecule has 0 saturated carbocycles. The average molecular weight is 359 g/mol. The highest BCUT2D eigenvalue weighted by Gasteiger charge is 2.20. The van der Waals surface area contributed by atoms with Gasteiger partial charge in [-0.1, -0.05) is 6.07 Å². The highest BCUT2D eigenvalue weighted by Crippen LogP contribution is 2.32. The van der Waals surface area contributed by atoms with E-state index in [4.69, 9.17) is 9.47 Å². The summed E-state index contributed by atoms with van der Waals surface area (Å²) in [6, 6.07) is 7.80. The fourth-order valence-electron chi connectivity index (χ4n) is 3.13. The molecule has 3 rings (SSSR count). The number of hydrogen-bond acceptors (Lipinski definition) is 4. The molecule has 2 aromatic rings. The molecule has 134 valence electrons. The maximum atomic E-state index is 12.6. The number of ether oxygens (including phenoxy) is 2. The maximum Gasteiger partial charge on any atom is 0.261 e. The monoisotopic (exact) mass is 359 g/mol. The number of carbonyl (C=O) groups excluding carboxylic acids is 1. The predicted octanol–water partition coefficient (Wildman–Crippen LogP) is 4.53. The molecular weight excluding hydrogens is 334 g/mol. The van der Waals surface area contributed by atoms with Gasteiger partial charge in [0.2, 0.25) is 0 Å². The molecule has 1 heterocycles. The third-order valence-electron chi connectivity index (χ3n) is 4.39. The smallest absolute Gasteiger partial charge is 0.261 e. The zero-order chi connectivity index (χ0) is 17.8. The topological polar surface area (TPSA) is 47.6 Å². The van der Waals surface area contributed by atoms with Gasteiger partial charge in [-0.05, 0) is 69.4 Å². The lowest BCUT2D eigenvalue weighted by Gasteiger charge is -2.17. The third kappa shape index (κ3) is 3.98. The highest BCUT2D eigenvalue weighted by molar-refractivity contribution is 7.14. The molecule has 1 atom stereocenters. The van der Waals surface area contributed by atoms with Crippen LogP contribution >= 0.6 is 11.3 Å². The van der Waals surface area contributed by atoms with E-state index in [1.165, 1.54) is 16.9 Å². The summed E-state index contributed by atoms with van der Waals surface area (Å²) >= 11 is 1.63. The zero-order valence-corrected chi connectivity index (χ0v) is 15.9. The van der Waals surface area contributed by atoms with Crippen LogP contribution in [0.5, 0.6) is 11.5 Å². The molecule has 0 bridgehead atoms. The van der Waals surface area contributed by atoms with Gasteiger partial charge >= 0.3 is 0 Å². The summed E-state index contributed by atoms with van der Waals surface area (Å²) in [7, 11) is 0. The lowest BCUT2D eigenvalue weighted by Crippen LogP contribution is -2.26. The van der Waals surface area contributed by atoms with Crippen molar-refractivity contribution >= 4 is 17.2 Å². The molecule has 0 unspecified atom stereocenters. The number of nitrogens with one attached hydrogen (secondary N) is 1. The molecule has 25 heavy (non-hydrogen) atoms. The van der Waals surface area contributed by atoms with E-state index in [0.29, 0.717) is 13.2 Å². The summed E-state index contributed by atoms with van der Waals surface area (Å²) in [6.45, 7) is 7.05. The van der Waals surface area contributed by atoms with Gasteiger partial charge in [-0.15, -0.1) is 11.3 Å². The second kappa shape index (κ2) is 7.91. The van der Waals surface area contributed by atoms with Crippen molar-refractivity contribution in [2.75, 3.05) is 13.2 Å². The normalized spacial score (nSPS) is 14.0. The van der Waals surface area contributed by atoms with Crippen molar-refractivity contribution in [1.82, 2.24) is 5.32 Å². The predicted molar refractivity (Wildman–Crippen MR) is 101 cm³/mol. The largest absolute Gasteiger partial charge is 0.490 e. The van der Waals surface area contributed by atoms with E-state index in [1.54, 1.807) is 11.3 Å². The minimum atomic E-state index is -0.0978. The van der Waals surface area contributed by atoms with Gasteiger partial charge in [0.25, 0.3) is 5.91 Å². The third-order valence-corrected chi connectivity index (χ3v) is 5.62. The summed E-state index contributed by atoms with van der Waals surface area (Å²) < 4.78 is 11.3. The van der Waals surface area contributed by atoms with E-state index in [9.17, 15) is 4.79 Å². The van der Waals surface area contributed by atoms with Crippen LogP contribution in [0.4, 0.5) is 0 Å². The van der Waals surface area contributed by atoms with E-state index in [1.807, 2.05) is 39.0 Å². The molecule has 1 N–H and O–H groups in total. The molecule has 0 radical (unpaired) electrons. The quantitative estimate of drug-likeness (QED) is 0.790. The summed E-state index contributed by atoms with van der Waals surface area (Å²) in [6.07, 6.45) is 3.43. The lowest BCUT2D eigenvalue weighted by molar-refractivity contribution is 0.0944. The Morgan fingerprint density at radius 1 is 1.16 bits per heavy atom. The van der Waals surface area contributed by atoms with Crippen molar-refractivity contribution < 1.29 is 14.3 Å². The number of carbonyl (C=O) groups is 1. The number of rotatable bonds is 7. The molecule has 4 nitrogen and oxygen atoms in total. The van der Waals surface area contributed by atoms with Crippen molar-refractivity contribution in [2.45, 2.75) is 46.1 Å². The summed E-state index contributed by atoms with van der Waals surface area (Å²) in [5.41, 5.74) is 2.35. The van der Waals surface area contributed by atoms with Crippen molar-refractivity contribution in [3.63, 3.8) is 0 Å². The van der Waals surface area contributed by atoms with Crippen LogP contribution in [0.3, 0.4) is 0 Å². The first-order valence-corrected chi connectivity index (χ1v) is 9.76. The van der Waals surface area contributed by atoms with Gasteiger partial charge in [0.1, 0.15) is 0 Å². The molecular formula is C20H25NO3S. The van der Waals surface area contributed by atoms with Gasteiger partial charge in [-0.2, -0.15) is 0 Å². The number of aryl methyl sites for hydroxylation is 2. The number of hydrogen-bond donors (Lipinski definition) is 1. The van der Waals surface area contributed by atoms with Gasteiger partial charge in [0.15, 0.2) is 11.5 Å². The minimum absolute atomic E-state index is 0.00116. The Bertz CT molecular complexity index is 732. The SMILES string of the molecule is CCOc1ccc([C@@H](C)NC(=O)c2cc3c(s2)CCC3)cc1OCC. The van der Waals surface area contributed by atoms with E-state index in [0.717, 1.165) is 34.8 Å². The Kier molecular flexibility index (Phi) is 5.63. The van der Waals surface area contributed by atoms with Gasteiger partial charge < -0.3 is 14.8 Å². The number of fused-ring (bicyclic) bond motifs is 1. The lowest BCUT2D eigenvalue weighted by atomic mass is 10.1. The molecule has 1 aromatic heterocycles. The number of benzene rings is 1. The molecule has 1 aliphatic carbocycles. The molecule has 1 aliphatic rings. The van der Waals surface area contributed by atoms with Crippen LogP contribution in [0, 0.1) is 0 Å². The molecule has 0 aliphatic heterocycles. The van der Waals surface area contributed by atoms with Crippen LogP contribution in [0.2, 0.25) is 0 Å². The Labute approximate surface area is 153 Å². The standard InChI is InChI=1S/C20H25NO3S/c1-4-23-16-10-9-14(11-17(16)24-5-2)13(3)21-20(22)19-12-15-7-6-8-18(15)25-19/h9-13H,4-8H2,1-3H3,(H,21,22)/t13-/m1/s1. The highest BCUT2D eigenvalue weighted by atomic mass is 32.1. The van der Waals surface area contributed by atoms with Crippen molar-refractivity contribution in [3.05, 3.63) is 45.1 Å². The molecule has 1 aromatic carbocycles. The van der Waals surface area contributed by atoms with E-state index in [2.05, 4.69) is 11.4 Å². The fourth-order valence-corrected chi connectivity index (χ4v) is 4.29. The van der Waals surface area contributed by atoms with Crippen LogP contribution in [0.1, 0.15) is 58.9 Å². The van der Waals surface area contributed by atoms with Gasteiger partial charge in [-0.25, -0.2) is 0 Å². The fraction of sp³-hybridized carbons (Fsp3) is 0.450. The summed E-state index contributed by atoms with van der Waals surface area (Å²) in [5.74, 6) is 1.46. The van der Waals surface area contributed by atoms with Crippen LogP contribution in [-0.2, 0) is 12.8 Å².